The molecule has 204 valence electrons. The van der Waals surface area contributed by atoms with Crippen LogP contribution in [0.5, 0.6) is 0 Å². The van der Waals surface area contributed by atoms with E-state index in [2.05, 4.69) is 35.9 Å². The molecule has 0 radical (unpaired) electrons. The maximum Gasteiger partial charge on any atom is 0.416 e. The first-order valence-corrected chi connectivity index (χ1v) is 14.0. The molecule has 1 aromatic heterocycles. The molecule has 1 aliphatic rings. The van der Waals surface area contributed by atoms with Crippen LogP contribution in [-0.2, 0) is 16.2 Å². The second-order valence-electron chi connectivity index (χ2n) is 9.38. The highest BCUT2D eigenvalue weighted by Crippen LogP contribution is 2.39. The molecule has 2 aromatic carbocycles. The van der Waals surface area contributed by atoms with Crippen molar-refractivity contribution in [2.45, 2.75) is 48.3 Å². The van der Waals surface area contributed by atoms with Gasteiger partial charge in [-0.1, -0.05) is 18.2 Å². The third kappa shape index (κ3) is 6.44. The molecule has 0 spiro atoms. The summed E-state index contributed by atoms with van der Waals surface area (Å²) in [7, 11) is -0.480. The molecule has 0 amide bonds. The zero-order chi connectivity index (χ0) is 27.7. The van der Waals surface area contributed by atoms with Crippen LogP contribution in [-0.4, -0.2) is 49.5 Å². The molecule has 3 aromatic rings. The molecule has 1 fully saturated rings. The van der Waals surface area contributed by atoms with Gasteiger partial charge in [-0.2, -0.15) is 13.2 Å². The normalized spacial score (nSPS) is 20.4. The number of aromatic nitrogens is 2. The fraction of sp³-hybridized carbons (Fsp3) is 0.360. The van der Waals surface area contributed by atoms with Gasteiger partial charge in [-0.05, 0) is 85.0 Å². The molecule has 4 rings (SSSR count). The van der Waals surface area contributed by atoms with Crippen LogP contribution in [0.1, 0.15) is 36.3 Å². The van der Waals surface area contributed by atoms with E-state index in [0.29, 0.717) is 35.0 Å². The Morgan fingerprint density at radius 2 is 1.87 bits per heavy atom. The van der Waals surface area contributed by atoms with E-state index in [9.17, 15) is 21.6 Å². The maximum atomic E-state index is 15.0. The van der Waals surface area contributed by atoms with Gasteiger partial charge < -0.3 is 10.2 Å². The summed E-state index contributed by atoms with van der Waals surface area (Å²) in [6, 6.07) is 8.86. The summed E-state index contributed by atoms with van der Waals surface area (Å²) in [6.07, 6.45) is -0.0313. The first-order valence-electron chi connectivity index (χ1n) is 11.7. The van der Waals surface area contributed by atoms with Crippen molar-refractivity contribution >= 4 is 37.5 Å². The highest BCUT2D eigenvalue weighted by Gasteiger charge is 2.35. The van der Waals surface area contributed by atoms with Gasteiger partial charge in [-0.15, -0.1) is 0 Å². The Bertz CT molecular complexity index is 1390. The van der Waals surface area contributed by atoms with Crippen LogP contribution >= 0.6 is 15.9 Å². The molecule has 0 aliphatic heterocycles. The van der Waals surface area contributed by atoms with Crippen molar-refractivity contribution in [3.63, 3.8) is 0 Å². The van der Waals surface area contributed by atoms with Crippen molar-refractivity contribution in [2.75, 3.05) is 24.1 Å². The van der Waals surface area contributed by atoms with E-state index < -0.39 is 32.5 Å². The number of alkyl halides is 3. The number of hydrogen-bond donors (Lipinski definition) is 2. The molecule has 38 heavy (non-hydrogen) atoms. The number of nitrogens with zero attached hydrogens (tertiary/aromatic N) is 3. The minimum atomic E-state index is -4.41. The number of hydrogen-bond acceptors (Lipinski definition) is 6. The average molecular weight is 616 g/mol. The molecular formula is C25H26BrF4N5O2S. The van der Waals surface area contributed by atoms with Gasteiger partial charge in [0.2, 0.25) is 0 Å². The third-order valence-corrected chi connectivity index (χ3v) is 8.66. The van der Waals surface area contributed by atoms with E-state index in [4.69, 9.17) is 0 Å². The van der Waals surface area contributed by atoms with Crippen LogP contribution in [0.4, 0.5) is 29.1 Å². The third-order valence-electron chi connectivity index (χ3n) is 6.64. The fourth-order valence-electron chi connectivity index (χ4n) is 4.75. The van der Waals surface area contributed by atoms with Crippen LogP contribution in [0.15, 0.2) is 64.4 Å². The Morgan fingerprint density at radius 1 is 1.11 bits per heavy atom. The minimum absolute atomic E-state index is 0.00378. The van der Waals surface area contributed by atoms with Gasteiger partial charge >= 0.3 is 6.18 Å². The summed E-state index contributed by atoms with van der Waals surface area (Å²) >= 11 is 3.35. The van der Waals surface area contributed by atoms with Gasteiger partial charge in [-0.3, -0.25) is 4.72 Å². The molecule has 1 heterocycles. The zero-order valence-corrected chi connectivity index (χ0v) is 22.9. The van der Waals surface area contributed by atoms with Crippen LogP contribution in [0.25, 0.3) is 0 Å². The lowest BCUT2D eigenvalue weighted by Gasteiger charge is -2.41. The summed E-state index contributed by atoms with van der Waals surface area (Å²) in [5, 5.41) is 3.31. The summed E-state index contributed by atoms with van der Waals surface area (Å²) in [6.45, 7) is 0. The van der Waals surface area contributed by atoms with Crippen LogP contribution in [0.2, 0.25) is 0 Å². The molecule has 13 heteroatoms. The monoisotopic (exact) mass is 615 g/mol. The quantitative estimate of drug-likeness (QED) is 0.323. The molecule has 1 aliphatic carbocycles. The average Bonchev–Trinajstić information content (AvgIpc) is 2.86. The molecule has 1 saturated carbocycles. The molecule has 0 saturated heterocycles. The van der Waals surface area contributed by atoms with Gasteiger partial charge in [0.15, 0.2) is 0 Å². The first kappa shape index (κ1) is 28.2. The summed E-state index contributed by atoms with van der Waals surface area (Å²) in [5.41, 5.74) is 0.348. The van der Waals surface area contributed by atoms with Crippen molar-refractivity contribution in [3.8, 4) is 0 Å². The lowest BCUT2D eigenvalue weighted by Crippen LogP contribution is -2.47. The largest absolute Gasteiger partial charge is 0.416 e. The van der Waals surface area contributed by atoms with Crippen molar-refractivity contribution in [1.29, 1.82) is 0 Å². The number of likely N-dealkylation sites (N-methyl/N-ethyl adjacent to an activating group) is 1. The van der Waals surface area contributed by atoms with Gasteiger partial charge in [0, 0.05) is 22.8 Å². The summed E-state index contributed by atoms with van der Waals surface area (Å²) in [5.74, 6) is -1.01. The summed E-state index contributed by atoms with van der Waals surface area (Å²) < 4.78 is 82.8. The predicted octanol–water partition coefficient (Wildman–Crippen LogP) is 5.88. The van der Waals surface area contributed by atoms with Crippen molar-refractivity contribution in [1.82, 2.24) is 14.9 Å². The van der Waals surface area contributed by atoms with Crippen molar-refractivity contribution in [3.05, 3.63) is 76.4 Å². The second-order valence-corrected chi connectivity index (χ2v) is 11.9. The SMILES string of the molecule is CN(C)[C@H]1C[C@@H](c2cccc(C(F)(F)F)c2)CC[C@@H]1Nc1cc(F)c(S(=O)(=O)Nc2ccncn2)cc1Br. The van der Waals surface area contributed by atoms with Gasteiger partial charge in [0.1, 0.15) is 22.9 Å². The number of halogens is 5. The van der Waals surface area contributed by atoms with E-state index in [-0.39, 0.29) is 23.8 Å². The van der Waals surface area contributed by atoms with Gasteiger partial charge in [0.05, 0.1) is 11.3 Å². The van der Waals surface area contributed by atoms with E-state index in [1.807, 2.05) is 19.0 Å². The first-order chi connectivity index (χ1) is 17.8. The molecule has 0 unspecified atom stereocenters. The standard InChI is InChI=1S/C25H26BrF4N5O2S/c1-35(2)22-11-16(15-4-3-5-17(10-15)25(28,29)30)6-7-20(22)33-21-13-19(27)23(12-18(21)26)38(36,37)34-24-8-9-31-14-32-24/h3-5,8-10,12-14,16,20,22,33H,6-7,11H2,1-2H3,(H,31,32,34)/t16-,20-,22-/m0/s1. The maximum absolute atomic E-state index is 15.0. The smallest absolute Gasteiger partial charge is 0.380 e. The molecule has 2 N–H and O–H groups in total. The Hall–Kier alpha value is -2.77. The number of benzene rings is 2. The number of rotatable bonds is 7. The number of nitrogens with one attached hydrogen (secondary N) is 2. The second kappa shape index (κ2) is 11.1. The Balaban J connectivity index is 1.52. The molecule has 0 bridgehead atoms. The van der Waals surface area contributed by atoms with E-state index in [1.165, 1.54) is 36.8 Å². The highest BCUT2D eigenvalue weighted by atomic mass is 79.9. The molecule has 7 nitrogen and oxygen atoms in total. The van der Waals surface area contributed by atoms with Crippen molar-refractivity contribution in [2.24, 2.45) is 0 Å². The van der Waals surface area contributed by atoms with Crippen LogP contribution in [0, 0.1) is 5.82 Å². The van der Waals surface area contributed by atoms with Crippen LogP contribution < -0.4 is 10.0 Å². The minimum Gasteiger partial charge on any atom is -0.380 e. The molecular weight excluding hydrogens is 590 g/mol. The molecule has 3 atom stereocenters. The van der Waals surface area contributed by atoms with E-state index >= 15 is 4.39 Å². The van der Waals surface area contributed by atoms with E-state index in [1.54, 1.807) is 6.07 Å². The van der Waals surface area contributed by atoms with Crippen LogP contribution in [0.3, 0.4) is 0 Å². The Morgan fingerprint density at radius 3 is 2.53 bits per heavy atom. The lowest BCUT2D eigenvalue weighted by molar-refractivity contribution is -0.137. The van der Waals surface area contributed by atoms with E-state index in [0.717, 1.165) is 12.1 Å². The van der Waals surface area contributed by atoms with Gasteiger partial charge in [-0.25, -0.2) is 22.8 Å². The number of sulfonamides is 1. The predicted molar refractivity (Wildman–Crippen MR) is 140 cm³/mol. The van der Waals surface area contributed by atoms with Crippen molar-refractivity contribution < 1.29 is 26.0 Å². The Kier molecular flexibility index (Phi) is 8.29. The topological polar surface area (TPSA) is 87.2 Å². The lowest BCUT2D eigenvalue weighted by atomic mass is 9.78. The Labute approximate surface area is 226 Å². The highest BCUT2D eigenvalue weighted by molar-refractivity contribution is 9.10. The number of anilines is 2. The zero-order valence-electron chi connectivity index (χ0n) is 20.5. The summed E-state index contributed by atoms with van der Waals surface area (Å²) in [4.78, 5) is 8.96. The van der Waals surface area contributed by atoms with Gasteiger partial charge in [0.25, 0.3) is 10.0 Å². The fourth-order valence-corrected chi connectivity index (χ4v) is 6.45.